The Labute approximate surface area is 175 Å². The smallest absolute Gasteiger partial charge is 0.306 e. The molecule has 1 fully saturated rings. The van der Waals surface area contributed by atoms with Gasteiger partial charge in [-0.2, -0.15) is 5.10 Å². The van der Waals surface area contributed by atoms with E-state index in [4.69, 9.17) is 4.74 Å². The second-order valence-corrected chi connectivity index (χ2v) is 7.71. The summed E-state index contributed by atoms with van der Waals surface area (Å²) in [5.74, 6) is -0.649. The molecule has 30 heavy (non-hydrogen) atoms. The van der Waals surface area contributed by atoms with E-state index in [9.17, 15) is 9.59 Å². The number of aromatic nitrogens is 2. The molecule has 1 amide bonds. The molecule has 0 saturated heterocycles. The number of esters is 1. The Morgan fingerprint density at radius 3 is 2.43 bits per heavy atom. The summed E-state index contributed by atoms with van der Waals surface area (Å²) in [6.07, 6.45) is 6.49. The van der Waals surface area contributed by atoms with E-state index in [1.807, 2.05) is 54.7 Å². The number of benzene rings is 2. The molecule has 3 aromatic rings. The van der Waals surface area contributed by atoms with Crippen LogP contribution in [0.2, 0.25) is 0 Å². The van der Waals surface area contributed by atoms with Gasteiger partial charge in [0.2, 0.25) is 0 Å². The molecule has 0 bridgehead atoms. The summed E-state index contributed by atoms with van der Waals surface area (Å²) in [5.41, 5.74) is 3.20. The molecule has 1 aliphatic carbocycles. The number of para-hydroxylation sites is 1. The molecule has 0 radical (unpaired) electrons. The molecular weight excluding hydrogens is 378 g/mol. The van der Waals surface area contributed by atoms with Crippen molar-refractivity contribution in [1.82, 2.24) is 15.1 Å². The molecular formula is C24H25N3O3. The lowest BCUT2D eigenvalue weighted by Crippen LogP contribution is -2.35. The fourth-order valence-corrected chi connectivity index (χ4v) is 3.50. The van der Waals surface area contributed by atoms with Crippen LogP contribution in [0.25, 0.3) is 5.69 Å². The predicted molar refractivity (Wildman–Crippen MR) is 113 cm³/mol. The summed E-state index contributed by atoms with van der Waals surface area (Å²) in [7, 11) is 0. The maximum absolute atomic E-state index is 12.1. The molecule has 6 nitrogen and oxygen atoms in total. The van der Waals surface area contributed by atoms with Crippen LogP contribution in [0.4, 0.5) is 0 Å². The minimum absolute atomic E-state index is 0.0415. The highest BCUT2D eigenvalue weighted by atomic mass is 16.5. The third kappa shape index (κ3) is 4.95. The van der Waals surface area contributed by atoms with Crippen molar-refractivity contribution in [1.29, 1.82) is 0 Å². The van der Waals surface area contributed by atoms with Crippen LogP contribution in [0.15, 0.2) is 73.1 Å². The van der Waals surface area contributed by atoms with Gasteiger partial charge in [0.25, 0.3) is 5.91 Å². The molecule has 0 spiro atoms. The number of ether oxygens (including phenoxy) is 1. The molecule has 1 saturated carbocycles. The van der Waals surface area contributed by atoms with Crippen molar-refractivity contribution in [2.75, 3.05) is 13.2 Å². The van der Waals surface area contributed by atoms with Gasteiger partial charge in [0.05, 0.1) is 11.9 Å². The first-order valence-electron chi connectivity index (χ1n) is 10.2. The van der Waals surface area contributed by atoms with Gasteiger partial charge in [-0.1, -0.05) is 48.5 Å². The lowest BCUT2D eigenvalue weighted by Gasteiger charge is -2.16. The van der Waals surface area contributed by atoms with Gasteiger partial charge in [-0.25, -0.2) is 4.68 Å². The van der Waals surface area contributed by atoms with E-state index in [-0.39, 0.29) is 30.3 Å². The van der Waals surface area contributed by atoms with Gasteiger partial charge in [-0.15, -0.1) is 0 Å². The topological polar surface area (TPSA) is 73.2 Å². The van der Waals surface area contributed by atoms with Crippen LogP contribution in [0.1, 0.15) is 30.4 Å². The van der Waals surface area contributed by atoms with Gasteiger partial charge in [-0.05, 0) is 42.5 Å². The molecule has 0 atom stereocenters. The van der Waals surface area contributed by atoms with Crippen molar-refractivity contribution in [2.24, 2.45) is 0 Å². The van der Waals surface area contributed by atoms with Crippen LogP contribution in [0.3, 0.4) is 0 Å². The Kier molecular flexibility index (Phi) is 5.93. The number of hydrogen-bond donors (Lipinski definition) is 1. The average Bonchev–Trinajstić information content (AvgIpc) is 3.44. The van der Waals surface area contributed by atoms with Crippen molar-refractivity contribution < 1.29 is 14.3 Å². The summed E-state index contributed by atoms with van der Waals surface area (Å²) in [6, 6.07) is 20.0. The van der Waals surface area contributed by atoms with E-state index >= 15 is 0 Å². The van der Waals surface area contributed by atoms with Crippen LogP contribution in [0, 0.1) is 0 Å². The molecule has 0 unspecified atom stereocenters. The van der Waals surface area contributed by atoms with Gasteiger partial charge in [0.15, 0.2) is 6.61 Å². The molecule has 1 heterocycles. The average molecular weight is 403 g/mol. The number of amides is 1. The SMILES string of the molecule is O=C(COC(=O)CCc1cnn(-c2ccccc2)c1)NCC1(c2ccccc2)CC1. The zero-order valence-corrected chi connectivity index (χ0v) is 16.8. The first-order chi connectivity index (χ1) is 14.6. The monoisotopic (exact) mass is 403 g/mol. The summed E-state index contributed by atoms with van der Waals surface area (Å²) in [4.78, 5) is 24.1. The number of nitrogens with zero attached hydrogens (tertiary/aromatic N) is 2. The zero-order chi connectivity index (χ0) is 20.8. The van der Waals surface area contributed by atoms with E-state index in [1.165, 1.54) is 5.56 Å². The fraction of sp³-hybridized carbons (Fsp3) is 0.292. The highest BCUT2D eigenvalue weighted by molar-refractivity contribution is 5.80. The number of hydrogen-bond acceptors (Lipinski definition) is 4. The Morgan fingerprint density at radius 2 is 1.73 bits per heavy atom. The van der Waals surface area contributed by atoms with Gasteiger partial charge < -0.3 is 10.1 Å². The Bertz CT molecular complexity index is 995. The van der Waals surface area contributed by atoms with Crippen molar-refractivity contribution in [3.8, 4) is 5.69 Å². The summed E-state index contributed by atoms with van der Waals surface area (Å²) < 4.78 is 6.90. The summed E-state index contributed by atoms with van der Waals surface area (Å²) >= 11 is 0. The normalized spacial score (nSPS) is 14.1. The number of carbonyl (C=O) groups excluding carboxylic acids is 2. The maximum Gasteiger partial charge on any atom is 0.306 e. The predicted octanol–water partition coefficient (Wildman–Crippen LogP) is 3.20. The molecule has 6 heteroatoms. The largest absolute Gasteiger partial charge is 0.456 e. The van der Waals surface area contributed by atoms with Crippen molar-refractivity contribution in [3.05, 3.63) is 84.2 Å². The van der Waals surface area contributed by atoms with Gasteiger partial charge in [0, 0.05) is 24.6 Å². The van der Waals surface area contributed by atoms with E-state index in [0.717, 1.165) is 24.1 Å². The van der Waals surface area contributed by atoms with Gasteiger partial charge in [-0.3, -0.25) is 9.59 Å². The molecule has 1 aliphatic rings. The second kappa shape index (κ2) is 8.95. The standard InChI is InChI=1S/C24H25N3O3/c28-22(25-18-24(13-14-24)20-7-3-1-4-8-20)17-30-23(29)12-11-19-15-26-27(16-19)21-9-5-2-6-10-21/h1-10,15-16H,11-14,17-18H2,(H,25,28). The van der Waals surface area contributed by atoms with E-state index in [0.29, 0.717) is 13.0 Å². The minimum atomic E-state index is -0.387. The number of rotatable bonds is 9. The quantitative estimate of drug-likeness (QED) is 0.557. The lowest BCUT2D eigenvalue weighted by molar-refractivity contribution is -0.148. The van der Waals surface area contributed by atoms with Crippen molar-refractivity contribution in [3.63, 3.8) is 0 Å². The van der Waals surface area contributed by atoms with E-state index in [2.05, 4.69) is 22.5 Å². The molecule has 1 N–H and O–H groups in total. The van der Waals surface area contributed by atoms with Crippen LogP contribution >= 0.6 is 0 Å². The molecule has 2 aromatic carbocycles. The second-order valence-electron chi connectivity index (χ2n) is 7.71. The third-order valence-electron chi connectivity index (χ3n) is 5.50. The van der Waals surface area contributed by atoms with Gasteiger partial charge in [0.1, 0.15) is 0 Å². The number of carbonyl (C=O) groups is 2. The Balaban J connectivity index is 1.17. The summed E-state index contributed by atoms with van der Waals surface area (Å²) in [6.45, 7) is 0.332. The van der Waals surface area contributed by atoms with Crippen LogP contribution in [-0.2, 0) is 26.2 Å². The van der Waals surface area contributed by atoms with Crippen LogP contribution in [-0.4, -0.2) is 34.8 Å². The number of aryl methyl sites for hydroxylation is 1. The third-order valence-corrected chi connectivity index (χ3v) is 5.50. The molecule has 1 aromatic heterocycles. The maximum atomic E-state index is 12.1. The van der Waals surface area contributed by atoms with Crippen molar-refractivity contribution >= 4 is 11.9 Å². The van der Waals surface area contributed by atoms with Crippen molar-refractivity contribution in [2.45, 2.75) is 31.1 Å². The van der Waals surface area contributed by atoms with Crippen LogP contribution in [0.5, 0.6) is 0 Å². The highest BCUT2D eigenvalue weighted by Crippen LogP contribution is 2.47. The zero-order valence-electron chi connectivity index (χ0n) is 16.8. The van der Waals surface area contributed by atoms with Gasteiger partial charge >= 0.3 is 5.97 Å². The highest BCUT2D eigenvalue weighted by Gasteiger charge is 2.44. The minimum Gasteiger partial charge on any atom is -0.456 e. The van der Waals surface area contributed by atoms with E-state index in [1.54, 1.807) is 10.9 Å². The Hall–Kier alpha value is -3.41. The molecule has 0 aliphatic heterocycles. The first-order valence-corrected chi connectivity index (χ1v) is 10.2. The molecule has 154 valence electrons. The van der Waals surface area contributed by atoms with E-state index < -0.39 is 0 Å². The first kappa shape index (κ1) is 19.9. The fourth-order valence-electron chi connectivity index (χ4n) is 3.50. The Morgan fingerprint density at radius 1 is 1.03 bits per heavy atom. The number of nitrogens with one attached hydrogen (secondary N) is 1. The lowest BCUT2D eigenvalue weighted by atomic mass is 9.96. The molecule has 4 rings (SSSR count). The summed E-state index contributed by atoms with van der Waals surface area (Å²) in [5, 5.41) is 7.22. The van der Waals surface area contributed by atoms with Crippen LogP contribution < -0.4 is 5.32 Å².